The van der Waals surface area contributed by atoms with Crippen LogP contribution < -0.4 is 15.4 Å². The molecule has 16 heavy (non-hydrogen) atoms. The van der Waals surface area contributed by atoms with E-state index in [-0.39, 0.29) is 6.04 Å². The number of ether oxygens (including phenoxy) is 1. The molecule has 0 radical (unpaired) electrons. The van der Waals surface area contributed by atoms with E-state index in [2.05, 4.69) is 37.9 Å². The van der Waals surface area contributed by atoms with Crippen molar-refractivity contribution in [3.63, 3.8) is 0 Å². The third-order valence-electron chi connectivity index (χ3n) is 2.69. The normalized spacial score (nSPS) is 12.4. The third-order valence-corrected chi connectivity index (χ3v) is 2.69. The molecular weight excluding hydrogens is 200 g/mol. The van der Waals surface area contributed by atoms with Crippen LogP contribution in [-0.2, 0) is 0 Å². The summed E-state index contributed by atoms with van der Waals surface area (Å²) >= 11 is 0. The van der Waals surface area contributed by atoms with Crippen LogP contribution in [0.5, 0.6) is 5.75 Å². The van der Waals surface area contributed by atoms with Gasteiger partial charge in [-0.25, -0.2) is 0 Å². The second-order valence-electron chi connectivity index (χ2n) is 4.47. The van der Waals surface area contributed by atoms with Crippen molar-refractivity contribution in [3.8, 4) is 5.75 Å². The molecule has 2 N–H and O–H groups in total. The Bertz CT molecular complexity index is 361. The molecular formula is C13H22N2O. The zero-order valence-corrected chi connectivity index (χ0v) is 10.9. The molecule has 1 unspecified atom stereocenters. The summed E-state index contributed by atoms with van der Waals surface area (Å²) < 4.78 is 5.30. The molecule has 3 heteroatoms. The lowest BCUT2D eigenvalue weighted by molar-refractivity contribution is 0.411. The van der Waals surface area contributed by atoms with Crippen LogP contribution in [0, 0.1) is 13.8 Å². The number of nitrogens with zero attached hydrogens (tertiary/aromatic N) is 1. The number of aryl methyl sites for hydroxylation is 2. The summed E-state index contributed by atoms with van der Waals surface area (Å²) in [5, 5.41) is 0. The molecule has 0 heterocycles. The van der Waals surface area contributed by atoms with Crippen LogP contribution in [0.4, 0.5) is 5.69 Å². The maximum atomic E-state index is 5.81. The number of hydrogen-bond donors (Lipinski definition) is 1. The smallest absolute Gasteiger partial charge is 0.122 e. The van der Waals surface area contributed by atoms with Crippen LogP contribution in [0.3, 0.4) is 0 Å². The van der Waals surface area contributed by atoms with Crippen molar-refractivity contribution >= 4 is 5.69 Å². The molecule has 1 aromatic rings. The molecule has 0 aliphatic carbocycles. The minimum absolute atomic E-state index is 0.173. The Morgan fingerprint density at radius 1 is 1.31 bits per heavy atom. The molecule has 1 rings (SSSR count). The van der Waals surface area contributed by atoms with Crippen molar-refractivity contribution in [2.75, 3.05) is 25.6 Å². The predicted molar refractivity (Wildman–Crippen MR) is 69.4 cm³/mol. The quantitative estimate of drug-likeness (QED) is 0.848. The van der Waals surface area contributed by atoms with Gasteiger partial charge in [-0.1, -0.05) is 0 Å². The van der Waals surface area contributed by atoms with E-state index in [9.17, 15) is 0 Å². The average Bonchev–Trinajstić information content (AvgIpc) is 2.19. The van der Waals surface area contributed by atoms with Gasteiger partial charge in [0.05, 0.1) is 7.11 Å². The van der Waals surface area contributed by atoms with Crippen molar-refractivity contribution in [2.24, 2.45) is 5.73 Å². The first-order valence-electron chi connectivity index (χ1n) is 5.57. The summed E-state index contributed by atoms with van der Waals surface area (Å²) in [6.45, 7) is 7.02. The van der Waals surface area contributed by atoms with Crippen LogP contribution in [0.2, 0.25) is 0 Å². The first-order valence-corrected chi connectivity index (χ1v) is 5.57. The van der Waals surface area contributed by atoms with E-state index in [0.29, 0.717) is 0 Å². The highest BCUT2D eigenvalue weighted by Gasteiger charge is 2.09. The second kappa shape index (κ2) is 5.21. The maximum absolute atomic E-state index is 5.81. The molecule has 0 aliphatic rings. The summed E-state index contributed by atoms with van der Waals surface area (Å²) in [4.78, 5) is 2.19. The van der Waals surface area contributed by atoms with E-state index >= 15 is 0 Å². The molecule has 0 amide bonds. The molecule has 90 valence electrons. The molecule has 0 bridgehead atoms. The average molecular weight is 222 g/mol. The summed E-state index contributed by atoms with van der Waals surface area (Å²) in [7, 11) is 3.77. The Labute approximate surface area is 98.2 Å². The second-order valence-corrected chi connectivity index (χ2v) is 4.47. The summed E-state index contributed by atoms with van der Waals surface area (Å²) in [6, 6.07) is 4.39. The molecule has 0 fully saturated rings. The molecule has 0 saturated carbocycles. The lowest BCUT2D eigenvalue weighted by Gasteiger charge is -2.24. The fourth-order valence-corrected chi connectivity index (χ4v) is 1.94. The molecule has 0 aliphatic heterocycles. The van der Waals surface area contributed by atoms with Crippen LogP contribution in [0.25, 0.3) is 0 Å². The van der Waals surface area contributed by atoms with Gasteiger partial charge in [-0.05, 0) is 44.0 Å². The van der Waals surface area contributed by atoms with Gasteiger partial charge in [0, 0.05) is 25.3 Å². The van der Waals surface area contributed by atoms with Gasteiger partial charge >= 0.3 is 0 Å². The van der Waals surface area contributed by atoms with Gasteiger partial charge < -0.3 is 15.4 Å². The third kappa shape index (κ3) is 2.89. The number of benzene rings is 1. The lowest BCUT2D eigenvalue weighted by Crippen LogP contribution is -2.33. The number of nitrogens with two attached hydrogens (primary N) is 1. The van der Waals surface area contributed by atoms with Crippen molar-refractivity contribution in [1.29, 1.82) is 0 Å². The van der Waals surface area contributed by atoms with E-state index in [1.54, 1.807) is 7.11 Å². The van der Waals surface area contributed by atoms with Gasteiger partial charge in [0.2, 0.25) is 0 Å². The Kier molecular flexibility index (Phi) is 4.19. The highest BCUT2D eigenvalue weighted by molar-refractivity contribution is 5.58. The van der Waals surface area contributed by atoms with Crippen LogP contribution >= 0.6 is 0 Å². The van der Waals surface area contributed by atoms with Gasteiger partial charge in [-0.2, -0.15) is 0 Å². The molecule has 0 saturated heterocycles. The lowest BCUT2D eigenvalue weighted by atomic mass is 10.1. The Hall–Kier alpha value is -1.22. The number of methoxy groups -OCH3 is 1. The number of rotatable bonds is 4. The van der Waals surface area contributed by atoms with Gasteiger partial charge in [0.1, 0.15) is 5.75 Å². The van der Waals surface area contributed by atoms with E-state index in [1.165, 1.54) is 11.3 Å². The topological polar surface area (TPSA) is 38.5 Å². The van der Waals surface area contributed by atoms with Crippen molar-refractivity contribution in [1.82, 2.24) is 0 Å². The number of hydrogen-bond acceptors (Lipinski definition) is 3. The molecule has 1 aromatic carbocycles. The fraction of sp³-hybridized carbons (Fsp3) is 0.538. The van der Waals surface area contributed by atoms with E-state index < -0.39 is 0 Å². The van der Waals surface area contributed by atoms with Crippen molar-refractivity contribution < 1.29 is 4.74 Å². The SMILES string of the molecule is COc1cc(C)c(N(C)CC(C)N)cc1C. The predicted octanol–water partition coefficient (Wildman–Crippen LogP) is 2.10. The number of anilines is 1. The summed E-state index contributed by atoms with van der Waals surface area (Å²) in [6.07, 6.45) is 0. The molecule has 1 atom stereocenters. The zero-order chi connectivity index (χ0) is 12.3. The fourth-order valence-electron chi connectivity index (χ4n) is 1.94. The molecule has 0 spiro atoms. The van der Waals surface area contributed by atoms with Crippen LogP contribution in [0.1, 0.15) is 18.1 Å². The summed E-state index contributed by atoms with van der Waals surface area (Å²) in [5.74, 6) is 0.940. The first kappa shape index (κ1) is 12.8. The van der Waals surface area contributed by atoms with E-state index in [1.807, 2.05) is 6.92 Å². The van der Waals surface area contributed by atoms with Crippen molar-refractivity contribution in [3.05, 3.63) is 23.3 Å². The standard InChI is InChI=1S/C13H22N2O/c1-9-7-13(16-5)10(2)6-12(9)15(4)8-11(3)14/h6-7,11H,8,14H2,1-5H3. The van der Waals surface area contributed by atoms with Gasteiger partial charge in [0.15, 0.2) is 0 Å². The van der Waals surface area contributed by atoms with Gasteiger partial charge in [-0.15, -0.1) is 0 Å². The molecule has 0 aromatic heterocycles. The van der Waals surface area contributed by atoms with Crippen molar-refractivity contribution in [2.45, 2.75) is 26.8 Å². The monoisotopic (exact) mass is 222 g/mol. The first-order chi connectivity index (χ1) is 7.45. The summed E-state index contributed by atoms with van der Waals surface area (Å²) in [5.41, 5.74) is 9.39. The highest BCUT2D eigenvalue weighted by Crippen LogP contribution is 2.27. The Morgan fingerprint density at radius 2 is 1.94 bits per heavy atom. The highest BCUT2D eigenvalue weighted by atomic mass is 16.5. The van der Waals surface area contributed by atoms with E-state index in [0.717, 1.165) is 17.9 Å². The van der Waals surface area contributed by atoms with Crippen LogP contribution in [-0.4, -0.2) is 26.7 Å². The molecule has 3 nitrogen and oxygen atoms in total. The maximum Gasteiger partial charge on any atom is 0.122 e. The number of likely N-dealkylation sites (N-methyl/N-ethyl adjacent to an activating group) is 1. The largest absolute Gasteiger partial charge is 0.496 e. The Morgan fingerprint density at radius 3 is 2.44 bits per heavy atom. The Balaban J connectivity index is 3.01. The van der Waals surface area contributed by atoms with E-state index in [4.69, 9.17) is 10.5 Å². The van der Waals surface area contributed by atoms with Crippen LogP contribution in [0.15, 0.2) is 12.1 Å². The van der Waals surface area contributed by atoms with Gasteiger partial charge in [0.25, 0.3) is 0 Å². The van der Waals surface area contributed by atoms with Gasteiger partial charge in [-0.3, -0.25) is 0 Å². The zero-order valence-electron chi connectivity index (χ0n) is 10.9. The minimum Gasteiger partial charge on any atom is -0.496 e. The minimum atomic E-state index is 0.173.